The van der Waals surface area contributed by atoms with E-state index in [2.05, 4.69) is 5.32 Å². The van der Waals surface area contributed by atoms with Crippen molar-refractivity contribution in [3.05, 3.63) is 52.2 Å². The van der Waals surface area contributed by atoms with Gasteiger partial charge in [-0.2, -0.15) is 0 Å². The molecule has 5 nitrogen and oxygen atoms in total. The van der Waals surface area contributed by atoms with Crippen LogP contribution in [0.25, 0.3) is 10.2 Å². The van der Waals surface area contributed by atoms with Crippen LogP contribution in [0.5, 0.6) is 0 Å². The van der Waals surface area contributed by atoms with E-state index in [4.69, 9.17) is 16.3 Å². The standard InChI is InChI=1S/C16H12ClFN2O3S/c1-23-16(22)13-6-9-4-5-24-15(9)20(13)8-14(21)19-12-3-2-10(17)7-11(12)18/h2-7H,8H2,1H3,(H,19,21). The maximum absolute atomic E-state index is 13.8. The third-order valence-corrected chi connectivity index (χ3v) is 4.59. The van der Waals surface area contributed by atoms with E-state index in [0.29, 0.717) is 0 Å². The van der Waals surface area contributed by atoms with Crippen LogP contribution in [-0.2, 0) is 16.1 Å². The molecule has 1 aromatic carbocycles. The molecule has 2 heterocycles. The van der Waals surface area contributed by atoms with Gasteiger partial charge in [-0.05, 0) is 35.7 Å². The molecule has 0 saturated heterocycles. The Hall–Kier alpha value is -2.38. The van der Waals surface area contributed by atoms with Crippen molar-refractivity contribution < 1.29 is 18.7 Å². The van der Waals surface area contributed by atoms with Crippen LogP contribution in [0.15, 0.2) is 35.7 Å². The lowest BCUT2D eigenvalue weighted by molar-refractivity contribution is -0.116. The number of hydrogen-bond acceptors (Lipinski definition) is 4. The third kappa shape index (κ3) is 3.13. The number of nitrogens with zero attached hydrogens (tertiary/aromatic N) is 1. The fourth-order valence-corrected chi connectivity index (χ4v) is 3.39. The number of benzene rings is 1. The molecule has 0 aliphatic carbocycles. The van der Waals surface area contributed by atoms with Gasteiger partial charge in [0.1, 0.15) is 22.9 Å². The van der Waals surface area contributed by atoms with Gasteiger partial charge in [-0.15, -0.1) is 11.3 Å². The van der Waals surface area contributed by atoms with Gasteiger partial charge in [0, 0.05) is 10.4 Å². The van der Waals surface area contributed by atoms with Crippen molar-refractivity contribution in [2.45, 2.75) is 6.54 Å². The summed E-state index contributed by atoms with van der Waals surface area (Å²) in [7, 11) is 1.27. The predicted octanol–water partition coefficient (Wildman–Crippen LogP) is 3.92. The van der Waals surface area contributed by atoms with Crippen LogP contribution in [0.3, 0.4) is 0 Å². The molecule has 0 bridgehead atoms. The first-order valence-corrected chi connectivity index (χ1v) is 8.15. The molecule has 0 radical (unpaired) electrons. The monoisotopic (exact) mass is 366 g/mol. The van der Waals surface area contributed by atoms with E-state index in [1.165, 1.54) is 30.6 Å². The van der Waals surface area contributed by atoms with Crippen molar-refractivity contribution in [2.75, 3.05) is 12.4 Å². The third-order valence-electron chi connectivity index (χ3n) is 3.40. The molecule has 8 heteroatoms. The van der Waals surface area contributed by atoms with Gasteiger partial charge in [-0.25, -0.2) is 9.18 Å². The number of esters is 1. The summed E-state index contributed by atoms with van der Waals surface area (Å²) in [6.45, 7) is -0.142. The number of rotatable bonds is 4. The van der Waals surface area contributed by atoms with E-state index in [1.54, 1.807) is 10.6 Å². The second kappa shape index (κ2) is 6.62. The first kappa shape index (κ1) is 16.5. The summed E-state index contributed by atoms with van der Waals surface area (Å²) in [5, 5.41) is 5.41. The van der Waals surface area contributed by atoms with Crippen LogP contribution in [0.2, 0.25) is 5.02 Å². The molecule has 2 aromatic heterocycles. The number of halogens is 2. The fraction of sp³-hybridized carbons (Fsp3) is 0.125. The molecule has 0 aliphatic rings. The Morgan fingerprint density at radius 3 is 2.83 bits per heavy atom. The van der Waals surface area contributed by atoms with Gasteiger partial charge in [0.25, 0.3) is 0 Å². The number of aromatic nitrogens is 1. The van der Waals surface area contributed by atoms with Crippen LogP contribution in [0.1, 0.15) is 10.5 Å². The van der Waals surface area contributed by atoms with E-state index in [-0.39, 0.29) is 22.9 Å². The molecule has 124 valence electrons. The predicted molar refractivity (Wildman–Crippen MR) is 91.2 cm³/mol. The van der Waals surface area contributed by atoms with Crippen LogP contribution in [-0.4, -0.2) is 23.6 Å². The number of anilines is 1. The molecular weight excluding hydrogens is 355 g/mol. The highest BCUT2D eigenvalue weighted by Crippen LogP contribution is 2.26. The maximum atomic E-state index is 13.8. The highest BCUT2D eigenvalue weighted by Gasteiger charge is 2.19. The number of amides is 1. The minimum Gasteiger partial charge on any atom is -0.464 e. The first-order valence-electron chi connectivity index (χ1n) is 6.89. The number of fused-ring (bicyclic) bond motifs is 1. The molecule has 0 fully saturated rings. The number of carbonyl (C=O) groups excluding carboxylic acids is 2. The lowest BCUT2D eigenvalue weighted by atomic mass is 10.3. The molecule has 0 unspecified atom stereocenters. The van der Waals surface area contributed by atoms with Crippen LogP contribution in [0, 0.1) is 5.82 Å². The molecule has 3 rings (SSSR count). The number of methoxy groups -OCH3 is 1. The number of hydrogen-bond donors (Lipinski definition) is 1. The zero-order chi connectivity index (χ0) is 17.3. The average molecular weight is 367 g/mol. The van der Waals surface area contributed by atoms with Gasteiger partial charge in [0.15, 0.2) is 0 Å². The summed E-state index contributed by atoms with van der Waals surface area (Å²) in [6, 6.07) is 7.48. The van der Waals surface area contributed by atoms with Gasteiger partial charge >= 0.3 is 5.97 Å². The summed E-state index contributed by atoms with van der Waals surface area (Å²) < 4.78 is 20.1. The lowest BCUT2D eigenvalue weighted by Crippen LogP contribution is -2.22. The summed E-state index contributed by atoms with van der Waals surface area (Å²) in [5.74, 6) is -1.63. The van der Waals surface area contributed by atoms with Crippen LogP contribution < -0.4 is 5.32 Å². The van der Waals surface area contributed by atoms with Crippen molar-refractivity contribution in [1.29, 1.82) is 0 Å². The Kier molecular flexibility index (Phi) is 4.55. The second-order valence-electron chi connectivity index (χ2n) is 4.96. The number of ether oxygens (including phenoxy) is 1. The quantitative estimate of drug-likeness (QED) is 0.712. The Morgan fingerprint density at radius 1 is 1.33 bits per heavy atom. The zero-order valence-corrected chi connectivity index (χ0v) is 14.1. The van der Waals surface area contributed by atoms with E-state index in [9.17, 15) is 14.0 Å². The summed E-state index contributed by atoms with van der Waals surface area (Å²) in [4.78, 5) is 24.9. The normalized spacial score (nSPS) is 10.8. The molecule has 0 atom stereocenters. The molecule has 24 heavy (non-hydrogen) atoms. The lowest BCUT2D eigenvalue weighted by Gasteiger charge is -2.10. The van der Waals surface area contributed by atoms with E-state index in [0.717, 1.165) is 16.3 Å². The van der Waals surface area contributed by atoms with Gasteiger partial charge in [-0.3, -0.25) is 4.79 Å². The van der Waals surface area contributed by atoms with Crippen molar-refractivity contribution in [3.8, 4) is 0 Å². The number of carbonyl (C=O) groups is 2. The summed E-state index contributed by atoms with van der Waals surface area (Å²) in [5.41, 5.74) is 0.296. The zero-order valence-electron chi connectivity index (χ0n) is 12.5. The Labute approximate surface area is 145 Å². The van der Waals surface area contributed by atoms with Crippen molar-refractivity contribution >= 4 is 50.7 Å². The van der Waals surface area contributed by atoms with Gasteiger partial charge in [0.05, 0.1) is 12.8 Å². The molecule has 1 amide bonds. The van der Waals surface area contributed by atoms with Crippen LogP contribution in [0.4, 0.5) is 10.1 Å². The fourth-order valence-electron chi connectivity index (χ4n) is 2.33. The molecule has 3 aromatic rings. The molecule has 0 saturated carbocycles. The average Bonchev–Trinajstić information content (AvgIpc) is 3.12. The Morgan fingerprint density at radius 2 is 2.12 bits per heavy atom. The van der Waals surface area contributed by atoms with Crippen molar-refractivity contribution in [3.63, 3.8) is 0 Å². The maximum Gasteiger partial charge on any atom is 0.354 e. The Bertz CT molecular complexity index is 935. The van der Waals surface area contributed by atoms with Crippen LogP contribution >= 0.6 is 22.9 Å². The van der Waals surface area contributed by atoms with Gasteiger partial charge < -0.3 is 14.6 Å². The van der Waals surface area contributed by atoms with Crippen molar-refractivity contribution in [1.82, 2.24) is 4.57 Å². The topological polar surface area (TPSA) is 60.3 Å². The first-order chi connectivity index (χ1) is 11.5. The smallest absolute Gasteiger partial charge is 0.354 e. The van der Waals surface area contributed by atoms with E-state index in [1.807, 2.05) is 11.4 Å². The molecule has 0 aliphatic heterocycles. The molecular formula is C16H12ClFN2O3S. The SMILES string of the molecule is COC(=O)c1cc2ccsc2n1CC(=O)Nc1ccc(Cl)cc1F. The number of nitrogens with one attached hydrogen (secondary N) is 1. The van der Waals surface area contributed by atoms with Gasteiger partial charge in [0.2, 0.25) is 5.91 Å². The van der Waals surface area contributed by atoms with E-state index >= 15 is 0 Å². The second-order valence-corrected chi connectivity index (χ2v) is 6.29. The highest BCUT2D eigenvalue weighted by atomic mass is 35.5. The van der Waals surface area contributed by atoms with Gasteiger partial charge in [-0.1, -0.05) is 11.6 Å². The van der Waals surface area contributed by atoms with Crippen molar-refractivity contribution in [2.24, 2.45) is 0 Å². The minimum atomic E-state index is -0.627. The number of thiophene rings is 1. The summed E-state index contributed by atoms with van der Waals surface area (Å²) >= 11 is 7.09. The van der Waals surface area contributed by atoms with E-state index < -0.39 is 17.7 Å². The largest absolute Gasteiger partial charge is 0.464 e. The highest BCUT2D eigenvalue weighted by molar-refractivity contribution is 7.16. The molecule has 0 spiro atoms. The summed E-state index contributed by atoms with van der Waals surface area (Å²) in [6.07, 6.45) is 0. The Balaban J connectivity index is 1.87. The molecule has 1 N–H and O–H groups in total. The minimum absolute atomic E-state index is 0.0265.